The molecule has 2 heterocycles. The van der Waals surface area contributed by atoms with Crippen molar-refractivity contribution in [2.45, 2.75) is 76.3 Å². The largest absolute Gasteiger partial charge is 0.271 e. The van der Waals surface area contributed by atoms with Gasteiger partial charge in [-0.25, -0.2) is 0 Å². The van der Waals surface area contributed by atoms with Crippen molar-refractivity contribution in [3.63, 3.8) is 0 Å². The number of carbonyl (C=O) groups excluding carboxylic acids is 4. The second-order valence-corrected chi connectivity index (χ2v) is 13.3. The van der Waals surface area contributed by atoms with Gasteiger partial charge in [-0.15, -0.1) is 0 Å². The van der Waals surface area contributed by atoms with Crippen molar-refractivity contribution >= 4 is 66.7 Å². The van der Waals surface area contributed by atoms with Gasteiger partial charge in [-0.3, -0.25) is 29.0 Å². The summed E-state index contributed by atoms with van der Waals surface area (Å²) >= 11 is 0. The van der Waals surface area contributed by atoms with E-state index in [9.17, 15) is 29.7 Å². The van der Waals surface area contributed by atoms with Crippen LogP contribution in [0, 0.1) is 22.7 Å². The van der Waals surface area contributed by atoms with Gasteiger partial charge in [-0.05, 0) is 60.7 Å². The van der Waals surface area contributed by atoms with E-state index in [1.54, 1.807) is 36.4 Å². The SMILES string of the molecule is N#Cc1cc2c3c(ccc4c5c(C#N)cc6c7c(ccc(c1c34)c75)C(=O)N(C1CCCCC1)C6=O)C(=O)N(C1CCCCC1)C2=O. The fraction of sp³-hybridized carbons (Fsp3) is 0.316. The van der Waals surface area contributed by atoms with Gasteiger partial charge in [0.25, 0.3) is 23.6 Å². The number of nitrogens with zero attached hydrogens (tertiary/aromatic N) is 4. The molecule has 0 saturated heterocycles. The number of hydrogen-bond donors (Lipinski definition) is 0. The highest BCUT2D eigenvalue weighted by molar-refractivity contribution is 6.42. The van der Waals surface area contributed by atoms with Crippen LogP contribution in [0.1, 0.15) is 117 Å². The van der Waals surface area contributed by atoms with Crippen molar-refractivity contribution < 1.29 is 19.2 Å². The van der Waals surface area contributed by atoms with Gasteiger partial charge in [0.15, 0.2) is 0 Å². The molecular formula is C38H28N4O4. The zero-order valence-electron chi connectivity index (χ0n) is 25.1. The number of amides is 4. The maximum atomic E-state index is 14.1. The number of hydrogen-bond acceptors (Lipinski definition) is 6. The molecule has 2 saturated carbocycles. The molecule has 224 valence electrons. The molecule has 0 unspecified atom stereocenters. The molecule has 5 aromatic carbocycles. The first-order valence-electron chi connectivity index (χ1n) is 16.3. The third-order valence-corrected chi connectivity index (χ3v) is 11.0. The maximum Gasteiger partial charge on any atom is 0.261 e. The van der Waals surface area contributed by atoms with Crippen LogP contribution >= 0.6 is 0 Å². The molecule has 8 nitrogen and oxygen atoms in total. The van der Waals surface area contributed by atoms with Crippen LogP contribution in [0.15, 0.2) is 36.4 Å². The Bertz CT molecular complexity index is 2180. The topological polar surface area (TPSA) is 122 Å². The van der Waals surface area contributed by atoms with Gasteiger partial charge >= 0.3 is 0 Å². The number of benzene rings is 5. The minimum absolute atomic E-state index is 0.181. The van der Waals surface area contributed by atoms with Crippen LogP contribution in [0.25, 0.3) is 43.1 Å². The predicted molar refractivity (Wildman–Crippen MR) is 172 cm³/mol. The average molecular weight is 605 g/mol. The van der Waals surface area contributed by atoms with E-state index in [0.717, 1.165) is 64.2 Å². The lowest BCUT2D eigenvalue weighted by molar-refractivity contribution is 0.0487. The number of carbonyl (C=O) groups is 4. The maximum absolute atomic E-state index is 14.1. The third kappa shape index (κ3) is 3.31. The van der Waals surface area contributed by atoms with Gasteiger partial charge in [0.1, 0.15) is 0 Å². The van der Waals surface area contributed by atoms with E-state index in [0.29, 0.717) is 65.3 Å². The molecule has 2 aliphatic heterocycles. The Morgan fingerprint density at radius 2 is 0.848 bits per heavy atom. The quantitative estimate of drug-likeness (QED) is 0.118. The van der Waals surface area contributed by atoms with Crippen molar-refractivity contribution in [3.05, 3.63) is 69.8 Å². The molecule has 2 aliphatic carbocycles. The molecule has 9 rings (SSSR count). The van der Waals surface area contributed by atoms with Crippen molar-refractivity contribution in [2.75, 3.05) is 0 Å². The molecule has 46 heavy (non-hydrogen) atoms. The van der Waals surface area contributed by atoms with Crippen molar-refractivity contribution in [1.82, 2.24) is 9.80 Å². The number of rotatable bonds is 2. The third-order valence-electron chi connectivity index (χ3n) is 11.0. The fourth-order valence-electron chi connectivity index (χ4n) is 9.02. The van der Waals surface area contributed by atoms with Crippen LogP contribution < -0.4 is 0 Å². The van der Waals surface area contributed by atoms with Crippen LogP contribution in [0.3, 0.4) is 0 Å². The van der Waals surface area contributed by atoms with E-state index >= 15 is 0 Å². The van der Waals surface area contributed by atoms with Crippen LogP contribution in [0.4, 0.5) is 0 Å². The molecule has 4 aliphatic rings. The minimum Gasteiger partial charge on any atom is -0.271 e. The first kappa shape index (κ1) is 27.0. The first-order chi connectivity index (χ1) is 22.4. The van der Waals surface area contributed by atoms with E-state index in [4.69, 9.17) is 0 Å². The smallest absolute Gasteiger partial charge is 0.261 e. The second-order valence-electron chi connectivity index (χ2n) is 13.3. The molecule has 0 atom stereocenters. The fourth-order valence-corrected chi connectivity index (χ4v) is 9.02. The Morgan fingerprint density at radius 1 is 0.478 bits per heavy atom. The number of nitriles is 2. The molecule has 4 amide bonds. The van der Waals surface area contributed by atoms with Crippen LogP contribution in [0.2, 0.25) is 0 Å². The van der Waals surface area contributed by atoms with E-state index < -0.39 is 0 Å². The van der Waals surface area contributed by atoms with Gasteiger partial charge in [-0.2, -0.15) is 10.5 Å². The summed E-state index contributed by atoms with van der Waals surface area (Å²) in [6, 6.07) is 14.5. The van der Waals surface area contributed by atoms with Gasteiger partial charge in [0.2, 0.25) is 0 Å². The lowest BCUT2D eigenvalue weighted by Crippen LogP contribution is -2.48. The molecule has 8 heteroatoms. The molecule has 0 radical (unpaired) electrons. The van der Waals surface area contributed by atoms with Gasteiger partial charge < -0.3 is 0 Å². The van der Waals surface area contributed by atoms with Crippen molar-refractivity contribution in [3.8, 4) is 12.1 Å². The molecule has 2 fully saturated rings. The van der Waals surface area contributed by atoms with Crippen molar-refractivity contribution in [1.29, 1.82) is 10.5 Å². The molecule has 0 bridgehead atoms. The van der Waals surface area contributed by atoms with E-state index in [1.165, 1.54) is 9.80 Å². The summed E-state index contributed by atoms with van der Waals surface area (Å²) in [4.78, 5) is 59.1. The standard InChI is InChI=1S/C38H28N4O4/c39-17-19-15-27-31-25(35(43)41(37(27)45)21-7-3-1-4-8-21)13-11-23-30-20(18-40)16-28-32-26(14-12-24(34(30)32)29(19)33(23)31)36(44)42(38(28)46)22-9-5-2-6-10-22/h11-16,21-22H,1-10H2. The Morgan fingerprint density at radius 3 is 1.22 bits per heavy atom. The average Bonchev–Trinajstić information content (AvgIpc) is 3.09. The highest BCUT2D eigenvalue weighted by Crippen LogP contribution is 2.49. The molecule has 0 N–H and O–H groups in total. The van der Waals surface area contributed by atoms with E-state index in [-0.39, 0.29) is 46.8 Å². The highest BCUT2D eigenvalue weighted by atomic mass is 16.2. The number of fused-ring (bicyclic) bond motifs is 2. The van der Waals surface area contributed by atoms with E-state index in [2.05, 4.69) is 12.1 Å². The Hall–Kier alpha value is -5.34. The highest BCUT2D eigenvalue weighted by Gasteiger charge is 2.42. The molecular weight excluding hydrogens is 576 g/mol. The monoisotopic (exact) mass is 604 g/mol. The summed E-state index contributed by atoms with van der Waals surface area (Å²) in [7, 11) is 0. The molecule has 0 spiro atoms. The summed E-state index contributed by atoms with van der Waals surface area (Å²) in [6.07, 6.45) is 9.03. The second kappa shape index (κ2) is 9.58. The summed E-state index contributed by atoms with van der Waals surface area (Å²) < 4.78 is 0. The summed E-state index contributed by atoms with van der Waals surface area (Å²) in [6.45, 7) is 0. The first-order valence-corrected chi connectivity index (χ1v) is 16.3. The summed E-state index contributed by atoms with van der Waals surface area (Å²) in [5.41, 5.74) is 2.00. The zero-order chi connectivity index (χ0) is 31.4. The number of imide groups is 2. The van der Waals surface area contributed by atoms with Crippen LogP contribution in [-0.4, -0.2) is 45.5 Å². The normalized spacial score (nSPS) is 19.2. The van der Waals surface area contributed by atoms with Crippen LogP contribution in [0.5, 0.6) is 0 Å². The van der Waals surface area contributed by atoms with E-state index in [1.807, 2.05) is 0 Å². The Balaban J connectivity index is 1.38. The lowest BCUT2D eigenvalue weighted by Gasteiger charge is -2.37. The van der Waals surface area contributed by atoms with Gasteiger partial charge in [0.05, 0.1) is 34.4 Å². The Kier molecular flexibility index (Phi) is 5.63. The molecule has 5 aromatic rings. The Labute approximate surface area is 264 Å². The molecule has 0 aromatic heterocycles. The van der Waals surface area contributed by atoms with Crippen LogP contribution in [-0.2, 0) is 0 Å². The summed E-state index contributed by atoms with van der Waals surface area (Å²) in [5, 5.41) is 25.5. The lowest BCUT2D eigenvalue weighted by atomic mass is 9.79. The zero-order valence-corrected chi connectivity index (χ0v) is 25.1. The van der Waals surface area contributed by atoms with Crippen molar-refractivity contribution in [2.24, 2.45) is 0 Å². The summed E-state index contributed by atoms with van der Waals surface area (Å²) in [5.74, 6) is -1.44. The van der Waals surface area contributed by atoms with Gasteiger partial charge in [-0.1, -0.05) is 50.7 Å². The van der Waals surface area contributed by atoms with Gasteiger partial charge in [0, 0.05) is 55.5 Å². The predicted octanol–water partition coefficient (Wildman–Crippen LogP) is 7.34. The minimum atomic E-state index is -0.389.